The number of benzene rings is 1. The molecule has 0 spiro atoms. The number of aromatic nitrogens is 4. The minimum Gasteiger partial charge on any atom is -0.349 e. The Kier molecular flexibility index (Phi) is 2.98. The molecule has 1 aromatic carbocycles. The molecule has 1 fully saturated rings. The van der Waals surface area contributed by atoms with Gasteiger partial charge >= 0.3 is 0 Å². The lowest BCUT2D eigenvalue weighted by atomic mass is 10.1. The maximum Gasteiger partial charge on any atom is 0.251 e. The van der Waals surface area contributed by atoms with E-state index in [1.807, 2.05) is 25.1 Å². The van der Waals surface area contributed by atoms with Crippen LogP contribution in [0.15, 0.2) is 24.3 Å². The first-order chi connectivity index (χ1) is 9.28. The van der Waals surface area contributed by atoms with Crippen molar-refractivity contribution in [1.82, 2.24) is 25.5 Å². The molecule has 1 heterocycles. The van der Waals surface area contributed by atoms with Crippen LogP contribution in [0.5, 0.6) is 0 Å². The fourth-order valence-electron chi connectivity index (χ4n) is 1.92. The van der Waals surface area contributed by atoms with E-state index in [4.69, 9.17) is 0 Å². The summed E-state index contributed by atoms with van der Waals surface area (Å²) in [5.74, 6) is 0.656. The maximum absolute atomic E-state index is 12.0. The van der Waals surface area contributed by atoms with Gasteiger partial charge in [0.25, 0.3) is 5.91 Å². The van der Waals surface area contributed by atoms with Crippen molar-refractivity contribution < 1.29 is 4.79 Å². The summed E-state index contributed by atoms with van der Waals surface area (Å²) in [5, 5.41) is 14.5. The lowest BCUT2D eigenvalue weighted by Crippen LogP contribution is -2.25. The molecular formula is C13H15N5O. The Labute approximate surface area is 110 Å². The zero-order valence-corrected chi connectivity index (χ0v) is 10.7. The Balaban J connectivity index is 1.88. The van der Waals surface area contributed by atoms with Crippen LogP contribution in [0.25, 0.3) is 11.4 Å². The molecule has 98 valence electrons. The predicted molar refractivity (Wildman–Crippen MR) is 69.4 cm³/mol. The molecule has 2 aromatic rings. The fourth-order valence-corrected chi connectivity index (χ4v) is 1.92. The molecule has 0 bridgehead atoms. The highest BCUT2D eigenvalue weighted by Crippen LogP contribution is 2.21. The molecule has 6 heteroatoms. The van der Waals surface area contributed by atoms with E-state index >= 15 is 0 Å². The standard InChI is InChI=1S/C13H15N5O/c1-2-18-12(15-16-17-18)9-4-3-5-10(8-9)13(19)14-11-6-7-11/h3-5,8,11H,2,6-7H2,1H3,(H,14,19). The fraction of sp³-hybridized carbons (Fsp3) is 0.385. The molecule has 3 rings (SSSR count). The quantitative estimate of drug-likeness (QED) is 0.894. The van der Waals surface area contributed by atoms with Crippen LogP contribution in [-0.2, 0) is 6.54 Å². The van der Waals surface area contributed by atoms with E-state index in [1.54, 1.807) is 10.7 Å². The van der Waals surface area contributed by atoms with E-state index in [0.717, 1.165) is 18.4 Å². The Morgan fingerprint density at radius 3 is 3.05 bits per heavy atom. The SMILES string of the molecule is CCn1nnnc1-c1cccc(C(=O)NC2CC2)c1. The summed E-state index contributed by atoms with van der Waals surface area (Å²) in [6.07, 6.45) is 2.17. The highest BCUT2D eigenvalue weighted by atomic mass is 16.1. The number of hydrogen-bond donors (Lipinski definition) is 1. The summed E-state index contributed by atoms with van der Waals surface area (Å²) in [6.45, 7) is 2.67. The second-order valence-electron chi connectivity index (χ2n) is 4.65. The number of nitrogens with one attached hydrogen (secondary N) is 1. The summed E-state index contributed by atoms with van der Waals surface area (Å²) in [7, 11) is 0. The minimum atomic E-state index is -0.0279. The molecule has 0 radical (unpaired) electrons. The number of carbonyl (C=O) groups is 1. The summed E-state index contributed by atoms with van der Waals surface area (Å²) in [5.41, 5.74) is 1.50. The summed E-state index contributed by atoms with van der Waals surface area (Å²) < 4.78 is 1.71. The normalized spacial score (nSPS) is 14.4. The van der Waals surface area contributed by atoms with Gasteiger partial charge in [-0.05, 0) is 42.3 Å². The highest BCUT2D eigenvalue weighted by molar-refractivity contribution is 5.95. The van der Waals surface area contributed by atoms with E-state index in [1.165, 1.54) is 0 Å². The van der Waals surface area contributed by atoms with Crippen LogP contribution in [0.1, 0.15) is 30.1 Å². The third-order valence-electron chi connectivity index (χ3n) is 3.13. The first-order valence-corrected chi connectivity index (χ1v) is 6.45. The van der Waals surface area contributed by atoms with Crippen LogP contribution in [-0.4, -0.2) is 32.2 Å². The van der Waals surface area contributed by atoms with Crippen molar-refractivity contribution in [3.05, 3.63) is 29.8 Å². The molecule has 1 aliphatic carbocycles. The van der Waals surface area contributed by atoms with Gasteiger partial charge in [-0.25, -0.2) is 4.68 Å². The molecule has 0 unspecified atom stereocenters. The predicted octanol–water partition coefficient (Wildman–Crippen LogP) is 1.25. The third-order valence-corrected chi connectivity index (χ3v) is 3.13. The second kappa shape index (κ2) is 4.79. The largest absolute Gasteiger partial charge is 0.349 e. The van der Waals surface area contributed by atoms with Crippen LogP contribution in [0, 0.1) is 0 Å². The van der Waals surface area contributed by atoms with E-state index < -0.39 is 0 Å². The maximum atomic E-state index is 12.0. The molecule has 6 nitrogen and oxygen atoms in total. The Hall–Kier alpha value is -2.24. The van der Waals surface area contributed by atoms with Crippen LogP contribution in [0.2, 0.25) is 0 Å². The second-order valence-corrected chi connectivity index (χ2v) is 4.65. The smallest absolute Gasteiger partial charge is 0.251 e. The number of aryl methyl sites for hydroxylation is 1. The van der Waals surface area contributed by atoms with Crippen molar-refractivity contribution in [2.45, 2.75) is 32.4 Å². The van der Waals surface area contributed by atoms with Gasteiger partial charge in [-0.3, -0.25) is 4.79 Å². The van der Waals surface area contributed by atoms with E-state index in [9.17, 15) is 4.79 Å². The number of nitrogens with zero attached hydrogens (tertiary/aromatic N) is 4. The molecular weight excluding hydrogens is 242 g/mol. The van der Waals surface area contributed by atoms with Crippen LogP contribution >= 0.6 is 0 Å². The van der Waals surface area contributed by atoms with Crippen molar-refractivity contribution in [2.75, 3.05) is 0 Å². The van der Waals surface area contributed by atoms with Gasteiger partial charge in [0.15, 0.2) is 5.82 Å². The molecule has 1 aliphatic rings. The minimum absolute atomic E-state index is 0.0279. The van der Waals surface area contributed by atoms with Gasteiger partial charge in [0.1, 0.15) is 0 Å². The Morgan fingerprint density at radius 2 is 2.32 bits per heavy atom. The van der Waals surface area contributed by atoms with Crippen LogP contribution in [0.4, 0.5) is 0 Å². The van der Waals surface area contributed by atoms with E-state index in [0.29, 0.717) is 24.0 Å². The Morgan fingerprint density at radius 1 is 1.47 bits per heavy atom. The van der Waals surface area contributed by atoms with Crippen molar-refractivity contribution in [3.63, 3.8) is 0 Å². The number of amides is 1. The molecule has 0 atom stereocenters. The third kappa shape index (κ3) is 2.47. The molecule has 0 saturated heterocycles. The molecule has 19 heavy (non-hydrogen) atoms. The van der Waals surface area contributed by atoms with Gasteiger partial charge in [0.2, 0.25) is 0 Å². The van der Waals surface area contributed by atoms with Crippen molar-refractivity contribution in [1.29, 1.82) is 0 Å². The van der Waals surface area contributed by atoms with Crippen molar-refractivity contribution in [2.24, 2.45) is 0 Å². The number of carbonyl (C=O) groups excluding carboxylic acids is 1. The lowest BCUT2D eigenvalue weighted by molar-refractivity contribution is 0.0951. The first kappa shape index (κ1) is 11.8. The van der Waals surface area contributed by atoms with Gasteiger partial charge < -0.3 is 5.32 Å². The van der Waals surface area contributed by atoms with Gasteiger partial charge in [-0.1, -0.05) is 12.1 Å². The number of hydrogen-bond acceptors (Lipinski definition) is 4. The number of tetrazole rings is 1. The molecule has 0 aliphatic heterocycles. The lowest BCUT2D eigenvalue weighted by Gasteiger charge is -2.05. The van der Waals surface area contributed by atoms with Gasteiger partial charge in [0.05, 0.1) is 0 Å². The molecule has 1 saturated carbocycles. The molecule has 1 N–H and O–H groups in total. The Bertz CT molecular complexity index is 603. The topological polar surface area (TPSA) is 72.7 Å². The average molecular weight is 257 g/mol. The summed E-state index contributed by atoms with van der Waals surface area (Å²) in [6, 6.07) is 7.76. The summed E-state index contributed by atoms with van der Waals surface area (Å²) >= 11 is 0. The summed E-state index contributed by atoms with van der Waals surface area (Å²) in [4.78, 5) is 12.0. The van der Waals surface area contributed by atoms with Gasteiger partial charge in [0, 0.05) is 23.7 Å². The molecule has 1 aromatic heterocycles. The van der Waals surface area contributed by atoms with Crippen molar-refractivity contribution >= 4 is 5.91 Å². The van der Waals surface area contributed by atoms with Gasteiger partial charge in [-0.15, -0.1) is 5.10 Å². The number of rotatable bonds is 4. The van der Waals surface area contributed by atoms with Gasteiger partial charge in [-0.2, -0.15) is 0 Å². The molecule has 1 amide bonds. The zero-order valence-electron chi connectivity index (χ0n) is 10.7. The van der Waals surface area contributed by atoms with E-state index in [2.05, 4.69) is 20.8 Å². The average Bonchev–Trinajstić information content (AvgIpc) is 3.12. The monoisotopic (exact) mass is 257 g/mol. The zero-order chi connectivity index (χ0) is 13.2. The van der Waals surface area contributed by atoms with Crippen molar-refractivity contribution in [3.8, 4) is 11.4 Å². The van der Waals surface area contributed by atoms with E-state index in [-0.39, 0.29) is 5.91 Å². The van der Waals surface area contributed by atoms with Crippen LogP contribution < -0.4 is 5.32 Å². The van der Waals surface area contributed by atoms with Crippen LogP contribution in [0.3, 0.4) is 0 Å². The highest BCUT2D eigenvalue weighted by Gasteiger charge is 2.24. The first-order valence-electron chi connectivity index (χ1n) is 6.45.